The van der Waals surface area contributed by atoms with Crippen LogP contribution in [-0.2, 0) is 6.42 Å². The molecular formula is C26H21F2NS. The van der Waals surface area contributed by atoms with Gasteiger partial charge >= 0.3 is 0 Å². The van der Waals surface area contributed by atoms with Crippen LogP contribution in [-0.4, -0.2) is 5.16 Å². The summed E-state index contributed by atoms with van der Waals surface area (Å²) < 4.78 is 28.3. The van der Waals surface area contributed by atoms with Crippen LogP contribution in [0.5, 0.6) is 0 Å². The number of aliphatic imine (C=N–C) groups is 1. The van der Waals surface area contributed by atoms with Gasteiger partial charge in [0, 0.05) is 5.56 Å². The highest BCUT2D eigenvalue weighted by Crippen LogP contribution is 2.26. The van der Waals surface area contributed by atoms with Crippen LogP contribution in [0, 0.1) is 23.5 Å². The number of halogens is 2. The Morgan fingerprint density at radius 2 is 1.60 bits per heavy atom. The standard InChI is InChI=1S/C26H21F2NS/c1-2-3-4-5-20-9-13-22(24(27)16-20)12-8-19-6-10-21(11-7-19)23-14-15-26(29-18-30)25(28)17-23/h6-7,9-11,13-17H,2-5H2,1H3. The minimum Gasteiger partial charge on any atom is -0.206 e. The molecule has 0 aromatic heterocycles. The lowest BCUT2D eigenvalue weighted by Crippen LogP contribution is -1.90. The summed E-state index contributed by atoms with van der Waals surface area (Å²) in [7, 11) is 0. The largest absolute Gasteiger partial charge is 0.206 e. The van der Waals surface area contributed by atoms with Gasteiger partial charge in [-0.25, -0.2) is 8.78 Å². The Kier molecular flexibility index (Phi) is 7.63. The number of nitrogens with zero attached hydrogens (tertiary/aromatic N) is 1. The summed E-state index contributed by atoms with van der Waals surface area (Å²) in [6.07, 6.45) is 4.25. The summed E-state index contributed by atoms with van der Waals surface area (Å²) in [6, 6.07) is 17.4. The summed E-state index contributed by atoms with van der Waals surface area (Å²) in [5.74, 6) is 5.14. The lowest BCUT2D eigenvalue weighted by molar-refractivity contribution is 0.619. The van der Waals surface area contributed by atoms with E-state index in [-0.39, 0.29) is 11.5 Å². The fraction of sp³-hybridized carbons (Fsp3) is 0.192. The minimum absolute atomic E-state index is 0.162. The second-order valence-corrected chi connectivity index (χ2v) is 7.15. The lowest BCUT2D eigenvalue weighted by Gasteiger charge is -2.04. The molecule has 0 atom stereocenters. The molecule has 150 valence electrons. The molecule has 0 saturated carbocycles. The first-order valence-electron chi connectivity index (χ1n) is 9.89. The fourth-order valence-corrected chi connectivity index (χ4v) is 3.20. The maximum absolute atomic E-state index is 14.3. The van der Waals surface area contributed by atoms with Crippen molar-refractivity contribution in [1.29, 1.82) is 0 Å². The van der Waals surface area contributed by atoms with Crippen molar-refractivity contribution in [2.75, 3.05) is 0 Å². The van der Waals surface area contributed by atoms with E-state index in [0.29, 0.717) is 5.56 Å². The second kappa shape index (κ2) is 10.6. The minimum atomic E-state index is -0.456. The van der Waals surface area contributed by atoms with Crippen LogP contribution >= 0.6 is 12.2 Å². The molecule has 0 spiro atoms. The molecule has 30 heavy (non-hydrogen) atoms. The van der Waals surface area contributed by atoms with Gasteiger partial charge in [0.25, 0.3) is 0 Å². The fourth-order valence-electron chi connectivity index (χ4n) is 3.11. The molecular weight excluding hydrogens is 396 g/mol. The van der Waals surface area contributed by atoms with Gasteiger partial charge in [-0.05, 0) is 78.1 Å². The Morgan fingerprint density at radius 3 is 2.27 bits per heavy atom. The van der Waals surface area contributed by atoms with Gasteiger partial charge in [-0.15, -0.1) is 0 Å². The predicted octanol–water partition coefficient (Wildman–Crippen LogP) is 7.50. The molecule has 0 unspecified atom stereocenters. The zero-order valence-electron chi connectivity index (χ0n) is 16.7. The van der Waals surface area contributed by atoms with E-state index in [9.17, 15) is 8.78 Å². The zero-order valence-corrected chi connectivity index (χ0v) is 17.5. The number of unbranched alkanes of at least 4 members (excludes halogenated alkanes) is 2. The third-order valence-corrected chi connectivity index (χ3v) is 4.87. The van der Waals surface area contributed by atoms with Crippen molar-refractivity contribution < 1.29 is 8.78 Å². The maximum Gasteiger partial charge on any atom is 0.150 e. The molecule has 0 radical (unpaired) electrons. The number of rotatable bonds is 6. The average molecular weight is 418 g/mol. The van der Waals surface area contributed by atoms with Gasteiger partial charge in [-0.2, -0.15) is 4.99 Å². The van der Waals surface area contributed by atoms with Crippen molar-refractivity contribution in [2.45, 2.75) is 32.6 Å². The van der Waals surface area contributed by atoms with E-state index in [1.807, 2.05) is 30.3 Å². The van der Waals surface area contributed by atoms with Gasteiger partial charge < -0.3 is 0 Å². The van der Waals surface area contributed by atoms with Gasteiger partial charge in [-0.1, -0.05) is 55.9 Å². The molecule has 0 aliphatic carbocycles. The molecule has 3 aromatic carbocycles. The van der Waals surface area contributed by atoms with E-state index >= 15 is 0 Å². The van der Waals surface area contributed by atoms with Gasteiger partial charge in [-0.3, -0.25) is 0 Å². The van der Waals surface area contributed by atoms with Gasteiger partial charge in [0.1, 0.15) is 17.3 Å². The molecule has 1 nitrogen and oxygen atoms in total. The maximum atomic E-state index is 14.3. The number of benzene rings is 3. The van der Waals surface area contributed by atoms with Crippen molar-refractivity contribution in [3.05, 3.63) is 89.0 Å². The van der Waals surface area contributed by atoms with Gasteiger partial charge in [0.15, 0.2) is 0 Å². The molecule has 0 fully saturated rings. The second-order valence-electron chi connectivity index (χ2n) is 6.97. The Bertz CT molecular complexity index is 1130. The number of hydrogen-bond acceptors (Lipinski definition) is 2. The van der Waals surface area contributed by atoms with Crippen LogP contribution in [0.15, 0.2) is 65.7 Å². The molecule has 0 saturated heterocycles. The Morgan fingerprint density at radius 1 is 0.833 bits per heavy atom. The SMILES string of the molecule is CCCCCc1ccc(C#Cc2ccc(-c3ccc(N=C=S)c(F)c3)cc2)c(F)c1. The monoisotopic (exact) mass is 417 g/mol. The quantitative estimate of drug-likeness (QED) is 0.175. The Balaban J connectivity index is 1.73. The molecule has 3 rings (SSSR count). The number of aryl methyl sites for hydroxylation is 1. The topological polar surface area (TPSA) is 12.4 Å². The van der Waals surface area contributed by atoms with Crippen LogP contribution in [0.3, 0.4) is 0 Å². The van der Waals surface area contributed by atoms with Crippen molar-refractivity contribution in [3.63, 3.8) is 0 Å². The third-order valence-electron chi connectivity index (χ3n) is 4.78. The number of hydrogen-bond donors (Lipinski definition) is 0. The van der Waals surface area contributed by atoms with Crippen LogP contribution < -0.4 is 0 Å². The number of isothiocyanates is 1. The van der Waals surface area contributed by atoms with Gasteiger partial charge in [0.05, 0.1) is 10.7 Å². The van der Waals surface area contributed by atoms with E-state index in [4.69, 9.17) is 0 Å². The van der Waals surface area contributed by atoms with E-state index in [0.717, 1.165) is 47.9 Å². The normalized spacial score (nSPS) is 10.1. The highest BCUT2D eigenvalue weighted by Gasteiger charge is 2.05. The summed E-state index contributed by atoms with van der Waals surface area (Å²) in [5.41, 5.74) is 3.88. The van der Waals surface area contributed by atoms with Crippen molar-refractivity contribution in [3.8, 4) is 23.0 Å². The average Bonchev–Trinajstić information content (AvgIpc) is 2.75. The zero-order chi connectivity index (χ0) is 21.3. The molecule has 0 bridgehead atoms. The van der Waals surface area contributed by atoms with Crippen molar-refractivity contribution in [2.24, 2.45) is 4.99 Å². The molecule has 0 heterocycles. The predicted molar refractivity (Wildman–Crippen MR) is 122 cm³/mol. The van der Waals surface area contributed by atoms with Crippen LogP contribution in [0.2, 0.25) is 0 Å². The summed E-state index contributed by atoms with van der Waals surface area (Å²) in [4.78, 5) is 3.68. The lowest BCUT2D eigenvalue weighted by atomic mass is 10.0. The van der Waals surface area contributed by atoms with E-state index in [1.165, 1.54) is 6.07 Å². The van der Waals surface area contributed by atoms with E-state index in [2.05, 4.69) is 41.1 Å². The Labute approximate surface area is 181 Å². The summed E-state index contributed by atoms with van der Waals surface area (Å²) in [5, 5.41) is 2.16. The van der Waals surface area contributed by atoms with Crippen LogP contribution in [0.4, 0.5) is 14.5 Å². The van der Waals surface area contributed by atoms with Crippen LogP contribution in [0.25, 0.3) is 11.1 Å². The molecule has 0 amide bonds. The van der Waals surface area contributed by atoms with E-state index in [1.54, 1.807) is 24.3 Å². The summed E-state index contributed by atoms with van der Waals surface area (Å²) >= 11 is 4.51. The van der Waals surface area contributed by atoms with Crippen LogP contribution in [0.1, 0.15) is 42.9 Å². The highest BCUT2D eigenvalue weighted by atomic mass is 32.1. The molecule has 0 aliphatic rings. The molecule has 0 aliphatic heterocycles. The number of thiocarbonyl (C=S) groups is 1. The first kappa shape index (κ1) is 21.6. The highest BCUT2D eigenvalue weighted by molar-refractivity contribution is 7.78. The molecule has 3 aromatic rings. The van der Waals surface area contributed by atoms with Gasteiger partial charge in [0.2, 0.25) is 0 Å². The van der Waals surface area contributed by atoms with E-state index < -0.39 is 5.82 Å². The van der Waals surface area contributed by atoms with Crippen molar-refractivity contribution >= 4 is 23.1 Å². The first-order chi connectivity index (χ1) is 14.6. The third kappa shape index (κ3) is 5.70. The van der Waals surface area contributed by atoms with Crippen molar-refractivity contribution in [1.82, 2.24) is 0 Å². The molecule has 0 N–H and O–H groups in total. The Hall–Kier alpha value is -3.12. The summed E-state index contributed by atoms with van der Waals surface area (Å²) in [6.45, 7) is 2.15. The molecule has 4 heteroatoms. The first-order valence-corrected chi connectivity index (χ1v) is 10.3. The smallest absolute Gasteiger partial charge is 0.150 e.